The highest BCUT2D eigenvalue weighted by molar-refractivity contribution is 5.78. The van der Waals surface area contributed by atoms with Gasteiger partial charge < -0.3 is 10.0 Å². The summed E-state index contributed by atoms with van der Waals surface area (Å²) in [6, 6.07) is 15.1. The Morgan fingerprint density at radius 3 is 2.77 bits per heavy atom. The molecular weight excluding hydrogens is 328 g/mol. The van der Waals surface area contributed by atoms with E-state index in [-0.39, 0.29) is 5.91 Å². The molecule has 1 aliphatic heterocycles. The van der Waals surface area contributed by atoms with Crippen LogP contribution in [0.1, 0.15) is 28.6 Å². The monoisotopic (exact) mass is 348 g/mol. The molecule has 0 bridgehead atoms. The molecule has 132 valence electrons. The SMILES string of the molecule is O=C(Cc1cccnc1)N1CCn2nc(C(O)c3ccccc3)cc2C1. The Labute approximate surface area is 151 Å². The molecule has 3 heterocycles. The highest BCUT2D eigenvalue weighted by Crippen LogP contribution is 2.23. The van der Waals surface area contributed by atoms with Gasteiger partial charge in [0.05, 0.1) is 30.9 Å². The van der Waals surface area contributed by atoms with E-state index in [2.05, 4.69) is 10.1 Å². The molecule has 1 atom stereocenters. The lowest BCUT2D eigenvalue weighted by molar-refractivity contribution is -0.132. The second-order valence-electron chi connectivity index (χ2n) is 6.45. The first kappa shape index (κ1) is 16.5. The predicted octanol–water partition coefficient (Wildman–Crippen LogP) is 1.94. The van der Waals surface area contributed by atoms with Crippen molar-refractivity contribution in [3.63, 3.8) is 0 Å². The molecule has 26 heavy (non-hydrogen) atoms. The Bertz CT molecular complexity index is 893. The Morgan fingerprint density at radius 1 is 1.15 bits per heavy atom. The summed E-state index contributed by atoms with van der Waals surface area (Å²) in [5, 5.41) is 15.1. The third-order valence-electron chi connectivity index (χ3n) is 4.64. The van der Waals surface area contributed by atoms with Crippen LogP contribution in [0.4, 0.5) is 0 Å². The van der Waals surface area contributed by atoms with Gasteiger partial charge in [-0.1, -0.05) is 36.4 Å². The molecule has 6 nitrogen and oxygen atoms in total. The van der Waals surface area contributed by atoms with E-state index in [1.54, 1.807) is 12.4 Å². The Hall–Kier alpha value is -2.99. The number of pyridine rings is 1. The Kier molecular flexibility index (Phi) is 4.50. The van der Waals surface area contributed by atoms with Gasteiger partial charge in [-0.3, -0.25) is 14.5 Å². The second-order valence-corrected chi connectivity index (χ2v) is 6.45. The standard InChI is InChI=1S/C20H20N4O2/c25-19(11-15-5-4-8-21-13-15)23-9-10-24-17(14-23)12-18(22-24)20(26)16-6-2-1-3-7-16/h1-8,12-13,20,26H,9-11,14H2. The van der Waals surface area contributed by atoms with Gasteiger partial charge in [0.2, 0.25) is 5.91 Å². The van der Waals surface area contributed by atoms with E-state index in [1.165, 1.54) is 0 Å². The van der Waals surface area contributed by atoms with E-state index < -0.39 is 6.10 Å². The van der Waals surface area contributed by atoms with E-state index in [0.717, 1.165) is 16.8 Å². The summed E-state index contributed by atoms with van der Waals surface area (Å²) < 4.78 is 1.88. The Balaban J connectivity index is 1.47. The van der Waals surface area contributed by atoms with Crippen molar-refractivity contribution in [3.8, 4) is 0 Å². The molecule has 0 radical (unpaired) electrons. The fourth-order valence-corrected chi connectivity index (χ4v) is 3.23. The molecule has 4 rings (SSSR count). The predicted molar refractivity (Wildman–Crippen MR) is 96.1 cm³/mol. The number of hydrogen-bond acceptors (Lipinski definition) is 4. The van der Waals surface area contributed by atoms with Crippen LogP contribution in [0, 0.1) is 0 Å². The number of fused-ring (bicyclic) bond motifs is 1. The van der Waals surface area contributed by atoms with Crippen LogP contribution in [0.2, 0.25) is 0 Å². The molecule has 0 saturated heterocycles. The number of rotatable bonds is 4. The van der Waals surface area contributed by atoms with Crippen molar-refractivity contribution >= 4 is 5.91 Å². The third kappa shape index (κ3) is 3.36. The van der Waals surface area contributed by atoms with Gasteiger partial charge in [-0.05, 0) is 23.3 Å². The van der Waals surface area contributed by atoms with E-state index in [0.29, 0.717) is 31.7 Å². The van der Waals surface area contributed by atoms with Crippen molar-refractivity contribution in [2.24, 2.45) is 0 Å². The molecule has 1 aromatic carbocycles. The van der Waals surface area contributed by atoms with Crippen molar-refractivity contribution in [3.05, 3.63) is 83.4 Å². The highest BCUT2D eigenvalue weighted by atomic mass is 16.3. The van der Waals surface area contributed by atoms with Crippen molar-refractivity contribution in [2.45, 2.75) is 25.6 Å². The van der Waals surface area contributed by atoms with Gasteiger partial charge in [-0.15, -0.1) is 0 Å². The minimum Gasteiger partial charge on any atom is -0.382 e. The summed E-state index contributed by atoms with van der Waals surface area (Å²) in [5.41, 5.74) is 3.29. The van der Waals surface area contributed by atoms with Gasteiger partial charge in [0, 0.05) is 18.9 Å². The van der Waals surface area contributed by atoms with Gasteiger partial charge in [0.1, 0.15) is 6.10 Å². The van der Waals surface area contributed by atoms with Crippen LogP contribution in [0.5, 0.6) is 0 Å². The average molecular weight is 348 g/mol. The van der Waals surface area contributed by atoms with Crippen molar-refractivity contribution < 1.29 is 9.90 Å². The Morgan fingerprint density at radius 2 is 2.00 bits per heavy atom. The zero-order chi connectivity index (χ0) is 17.9. The van der Waals surface area contributed by atoms with Crippen LogP contribution in [0.15, 0.2) is 60.9 Å². The molecule has 0 spiro atoms. The van der Waals surface area contributed by atoms with Gasteiger partial charge in [0.15, 0.2) is 0 Å². The fourth-order valence-electron chi connectivity index (χ4n) is 3.23. The van der Waals surface area contributed by atoms with Crippen LogP contribution in [-0.4, -0.2) is 37.2 Å². The van der Waals surface area contributed by atoms with Crippen LogP contribution in [0.25, 0.3) is 0 Å². The first-order valence-corrected chi connectivity index (χ1v) is 8.67. The van der Waals surface area contributed by atoms with Crippen LogP contribution < -0.4 is 0 Å². The van der Waals surface area contributed by atoms with E-state index in [9.17, 15) is 9.90 Å². The zero-order valence-electron chi connectivity index (χ0n) is 14.3. The molecule has 0 aliphatic carbocycles. The van der Waals surface area contributed by atoms with E-state index in [4.69, 9.17) is 0 Å². The highest BCUT2D eigenvalue weighted by Gasteiger charge is 2.24. The smallest absolute Gasteiger partial charge is 0.227 e. The second kappa shape index (κ2) is 7.09. The van der Waals surface area contributed by atoms with Crippen molar-refractivity contribution in [2.75, 3.05) is 6.54 Å². The molecule has 1 amide bonds. The topological polar surface area (TPSA) is 71.2 Å². The van der Waals surface area contributed by atoms with E-state index >= 15 is 0 Å². The summed E-state index contributed by atoms with van der Waals surface area (Å²) in [5.74, 6) is 0.0793. The lowest BCUT2D eigenvalue weighted by Crippen LogP contribution is -2.39. The third-order valence-corrected chi connectivity index (χ3v) is 4.64. The molecule has 0 fully saturated rings. The van der Waals surface area contributed by atoms with Crippen LogP contribution in [-0.2, 0) is 24.3 Å². The van der Waals surface area contributed by atoms with Crippen LogP contribution >= 0.6 is 0 Å². The summed E-state index contributed by atoms with van der Waals surface area (Å²) >= 11 is 0. The minimum atomic E-state index is -0.756. The molecule has 1 aliphatic rings. The number of carbonyl (C=O) groups is 1. The number of aliphatic hydroxyl groups is 1. The quantitative estimate of drug-likeness (QED) is 0.782. The molecule has 6 heteroatoms. The minimum absolute atomic E-state index is 0.0793. The lowest BCUT2D eigenvalue weighted by Gasteiger charge is -2.27. The normalized spacial score (nSPS) is 14.7. The number of amides is 1. The summed E-state index contributed by atoms with van der Waals surface area (Å²) in [6.45, 7) is 1.76. The van der Waals surface area contributed by atoms with Gasteiger partial charge in [-0.25, -0.2) is 0 Å². The number of nitrogens with zero attached hydrogens (tertiary/aromatic N) is 4. The maximum atomic E-state index is 12.6. The average Bonchev–Trinajstić information content (AvgIpc) is 3.12. The summed E-state index contributed by atoms with van der Waals surface area (Å²) in [4.78, 5) is 18.5. The number of carbonyl (C=O) groups excluding carboxylic acids is 1. The van der Waals surface area contributed by atoms with Gasteiger partial charge in [0.25, 0.3) is 0 Å². The number of aliphatic hydroxyl groups excluding tert-OH is 1. The molecule has 0 saturated carbocycles. The molecule has 1 unspecified atom stereocenters. The maximum absolute atomic E-state index is 12.6. The zero-order valence-corrected chi connectivity index (χ0v) is 14.3. The maximum Gasteiger partial charge on any atom is 0.227 e. The fraction of sp³-hybridized carbons (Fsp3) is 0.250. The number of benzene rings is 1. The molecule has 3 aromatic rings. The van der Waals surface area contributed by atoms with Crippen LogP contribution in [0.3, 0.4) is 0 Å². The number of hydrogen-bond donors (Lipinski definition) is 1. The lowest BCUT2D eigenvalue weighted by atomic mass is 10.1. The first-order chi connectivity index (χ1) is 12.7. The summed E-state index contributed by atoms with van der Waals surface area (Å²) in [6.07, 6.45) is 3.02. The molecule has 2 aromatic heterocycles. The molecular formula is C20H20N4O2. The molecule has 1 N–H and O–H groups in total. The van der Waals surface area contributed by atoms with Crippen molar-refractivity contribution in [1.82, 2.24) is 19.7 Å². The van der Waals surface area contributed by atoms with E-state index in [1.807, 2.05) is 58.1 Å². The number of aromatic nitrogens is 3. The largest absolute Gasteiger partial charge is 0.382 e. The first-order valence-electron chi connectivity index (χ1n) is 8.67. The van der Waals surface area contributed by atoms with Crippen molar-refractivity contribution in [1.29, 1.82) is 0 Å². The van der Waals surface area contributed by atoms with Gasteiger partial charge in [-0.2, -0.15) is 5.10 Å². The summed E-state index contributed by atoms with van der Waals surface area (Å²) in [7, 11) is 0. The van der Waals surface area contributed by atoms with Gasteiger partial charge >= 0.3 is 0 Å².